The average Bonchev–Trinajstić information content (AvgIpc) is 2.92. The maximum Gasteiger partial charge on any atom is 0.245 e. The van der Waals surface area contributed by atoms with Crippen molar-refractivity contribution in [3.05, 3.63) is 24.3 Å². The van der Waals surface area contributed by atoms with Crippen molar-refractivity contribution >= 4 is 23.4 Å². The normalized spacial score (nSPS) is 25.8. The largest absolute Gasteiger partial charge is 0.308 e. The van der Waals surface area contributed by atoms with Crippen LogP contribution in [0.4, 0.5) is 5.69 Å². The Bertz CT molecular complexity index is 537. The Balaban J connectivity index is 2.10. The van der Waals surface area contributed by atoms with Crippen molar-refractivity contribution in [2.45, 2.75) is 61.3 Å². The van der Waals surface area contributed by atoms with E-state index in [0.29, 0.717) is 6.04 Å². The van der Waals surface area contributed by atoms with Gasteiger partial charge in [-0.25, -0.2) is 0 Å². The number of nitrogens with one attached hydrogen (secondary N) is 1. The third kappa shape index (κ3) is 2.59. The lowest BCUT2D eigenvalue weighted by molar-refractivity contribution is -0.121. The number of fused-ring (bicyclic) bond motifs is 1. The molecule has 0 bridgehead atoms. The summed E-state index contributed by atoms with van der Waals surface area (Å²) in [6.07, 6.45) is 4.72. The van der Waals surface area contributed by atoms with Crippen LogP contribution in [0.15, 0.2) is 29.2 Å². The van der Waals surface area contributed by atoms with E-state index < -0.39 is 0 Å². The van der Waals surface area contributed by atoms with E-state index in [-0.39, 0.29) is 16.7 Å². The smallest absolute Gasteiger partial charge is 0.245 e. The monoisotopic (exact) mass is 304 g/mol. The van der Waals surface area contributed by atoms with Crippen molar-refractivity contribution in [3.8, 4) is 0 Å². The number of hydrogen-bond acceptors (Lipinski definition) is 3. The van der Waals surface area contributed by atoms with Gasteiger partial charge in [0, 0.05) is 15.7 Å². The molecule has 1 aliphatic carbocycles. The topological polar surface area (TPSA) is 32.3 Å². The molecule has 0 aromatic heterocycles. The molecule has 1 fully saturated rings. The summed E-state index contributed by atoms with van der Waals surface area (Å²) in [6.45, 7) is 4.32. The Labute approximate surface area is 131 Å². The number of para-hydroxylation sites is 1. The molecule has 4 heteroatoms. The number of amides is 1. The molecule has 1 saturated carbocycles. The minimum absolute atomic E-state index is 0.157. The summed E-state index contributed by atoms with van der Waals surface area (Å²) in [7, 11) is 1.90. The Kier molecular flexibility index (Phi) is 4.02. The maximum atomic E-state index is 13.2. The Morgan fingerprint density at radius 2 is 1.90 bits per heavy atom. The summed E-state index contributed by atoms with van der Waals surface area (Å²) in [6, 6.07) is 8.57. The molecule has 1 N–H and O–H groups in total. The number of carbonyl (C=O) groups excluding carboxylic acids is 1. The highest BCUT2D eigenvalue weighted by molar-refractivity contribution is 8.01. The predicted octanol–water partition coefficient (Wildman–Crippen LogP) is 3.43. The van der Waals surface area contributed by atoms with Crippen molar-refractivity contribution in [2.24, 2.45) is 0 Å². The van der Waals surface area contributed by atoms with Crippen LogP contribution in [0.5, 0.6) is 0 Å². The molecule has 0 radical (unpaired) electrons. The standard InChI is InChI=1S/C17H24N2OS/c1-17(2)15(18-3)16(20)19(12-8-4-5-9-12)13-10-6-7-11-14(13)21-17/h6-7,10-12,15,18H,4-5,8-9H2,1-3H3. The van der Waals surface area contributed by atoms with Gasteiger partial charge in [0.05, 0.1) is 5.69 Å². The van der Waals surface area contributed by atoms with Crippen LogP contribution in [0.1, 0.15) is 39.5 Å². The molecule has 1 atom stereocenters. The van der Waals surface area contributed by atoms with E-state index >= 15 is 0 Å². The number of anilines is 1. The first-order chi connectivity index (χ1) is 10.0. The number of carbonyl (C=O) groups is 1. The Morgan fingerprint density at radius 1 is 1.24 bits per heavy atom. The van der Waals surface area contributed by atoms with Gasteiger partial charge in [0.1, 0.15) is 6.04 Å². The van der Waals surface area contributed by atoms with Crippen molar-refractivity contribution in [2.75, 3.05) is 11.9 Å². The van der Waals surface area contributed by atoms with E-state index in [0.717, 1.165) is 18.5 Å². The van der Waals surface area contributed by atoms with Gasteiger partial charge < -0.3 is 10.2 Å². The van der Waals surface area contributed by atoms with Gasteiger partial charge >= 0.3 is 0 Å². The predicted molar refractivity (Wildman–Crippen MR) is 89.0 cm³/mol. The molecule has 3 rings (SSSR count). The van der Waals surface area contributed by atoms with Crippen molar-refractivity contribution < 1.29 is 4.79 Å². The third-order valence-corrected chi connectivity index (χ3v) is 5.98. The zero-order valence-corrected chi connectivity index (χ0v) is 13.9. The fraction of sp³-hybridized carbons (Fsp3) is 0.588. The van der Waals surface area contributed by atoms with Gasteiger partial charge in [-0.15, -0.1) is 11.8 Å². The molecule has 3 nitrogen and oxygen atoms in total. The zero-order valence-electron chi connectivity index (χ0n) is 13.1. The molecule has 0 saturated heterocycles. The number of hydrogen-bond donors (Lipinski definition) is 1. The number of nitrogens with zero attached hydrogens (tertiary/aromatic N) is 1. The number of likely N-dealkylation sites (N-methyl/N-ethyl adjacent to an activating group) is 1. The molecule has 1 amide bonds. The van der Waals surface area contributed by atoms with Crippen LogP contribution < -0.4 is 10.2 Å². The molecule has 1 heterocycles. The molecule has 0 spiro atoms. The quantitative estimate of drug-likeness (QED) is 0.908. The van der Waals surface area contributed by atoms with E-state index in [2.05, 4.69) is 42.3 Å². The molecule has 1 aliphatic heterocycles. The van der Waals surface area contributed by atoms with Crippen LogP contribution in [0.2, 0.25) is 0 Å². The average molecular weight is 304 g/mol. The van der Waals surface area contributed by atoms with E-state index in [1.165, 1.54) is 17.7 Å². The van der Waals surface area contributed by atoms with Gasteiger partial charge in [-0.2, -0.15) is 0 Å². The van der Waals surface area contributed by atoms with Gasteiger partial charge in [-0.05, 0) is 45.9 Å². The Hall–Kier alpha value is -1.00. The van der Waals surface area contributed by atoms with E-state index in [1.807, 2.05) is 24.9 Å². The number of benzene rings is 1. The maximum absolute atomic E-state index is 13.2. The molecule has 2 aliphatic rings. The molecule has 1 aromatic carbocycles. The minimum atomic E-state index is -0.157. The van der Waals surface area contributed by atoms with Crippen LogP contribution in [0, 0.1) is 0 Å². The third-order valence-electron chi connectivity index (χ3n) is 4.66. The second kappa shape index (κ2) is 5.65. The van der Waals surface area contributed by atoms with E-state index in [1.54, 1.807) is 0 Å². The zero-order chi connectivity index (χ0) is 15.0. The van der Waals surface area contributed by atoms with Gasteiger partial charge in [-0.1, -0.05) is 25.0 Å². The summed E-state index contributed by atoms with van der Waals surface area (Å²) in [5.74, 6) is 0.229. The summed E-state index contributed by atoms with van der Waals surface area (Å²) < 4.78 is -0.157. The molecular weight excluding hydrogens is 280 g/mol. The highest BCUT2D eigenvalue weighted by Gasteiger charge is 2.44. The minimum Gasteiger partial charge on any atom is -0.308 e. The lowest BCUT2D eigenvalue weighted by Crippen LogP contribution is -2.55. The van der Waals surface area contributed by atoms with Crippen molar-refractivity contribution in [1.29, 1.82) is 0 Å². The van der Waals surface area contributed by atoms with Crippen LogP contribution in [-0.2, 0) is 4.79 Å². The summed E-state index contributed by atoms with van der Waals surface area (Å²) in [5, 5.41) is 3.26. The lowest BCUT2D eigenvalue weighted by atomic mass is 10.0. The van der Waals surface area contributed by atoms with Crippen molar-refractivity contribution in [3.63, 3.8) is 0 Å². The molecular formula is C17H24N2OS. The highest BCUT2D eigenvalue weighted by Crippen LogP contribution is 2.45. The molecule has 1 aromatic rings. The van der Waals surface area contributed by atoms with Crippen LogP contribution in [-0.4, -0.2) is 29.8 Å². The first-order valence-corrected chi connectivity index (χ1v) is 8.64. The van der Waals surface area contributed by atoms with Gasteiger partial charge in [0.2, 0.25) is 5.91 Å². The van der Waals surface area contributed by atoms with Crippen LogP contribution in [0.25, 0.3) is 0 Å². The number of rotatable bonds is 2. The Morgan fingerprint density at radius 3 is 2.57 bits per heavy atom. The summed E-state index contributed by atoms with van der Waals surface area (Å²) >= 11 is 1.81. The van der Waals surface area contributed by atoms with Gasteiger partial charge in [0.15, 0.2) is 0 Å². The van der Waals surface area contributed by atoms with Gasteiger partial charge in [0.25, 0.3) is 0 Å². The molecule has 1 unspecified atom stereocenters. The van der Waals surface area contributed by atoms with Crippen LogP contribution >= 0.6 is 11.8 Å². The van der Waals surface area contributed by atoms with Crippen LogP contribution in [0.3, 0.4) is 0 Å². The lowest BCUT2D eigenvalue weighted by Gasteiger charge is -2.34. The van der Waals surface area contributed by atoms with E-state index in [9.17, 15) is 4.79 Å². The second-order valence-corrected chi connectivity index (χ2v) is 8.24. The van der Waals surface area contributed by atoms with Gasteiger partial charge in [-0.3, -0.25) is 4.79 Å². The number of thioether (sulfide) groups is 1. The van der Waals surface area contributed by atoms with E-state index in [4.69, 9.17) is 0 Å². The van der Waals surface area contributed by atoms with Crippen molar-refractivity contribution in [1.82, 2.24) is 5.32 Å². The SMILES string of the molecule is CNC1C(=O)N(C2CCCC2)c2ccccc2SC1(C)C. The molecule has 21 heavy (non-hydrogen) atoms. The summed E-state index contributed by atoms with van der Waals surface area (Å²) in [4.78, 5) is 16.5. The highest BCUT2D eigenvalue weighted by atomic mass is 32.2. The first-order valence-electron chi connectivity index (χ1n) is 7.83. The fourth-order valence-electron chi connectivity index (χ4n) is 3.65. The molecule has 114 valence electrons. The second-order valence-electron chi connectivity index (χ2n) is 6.54. The fourth-order valence-corrected chi connectivity index (χ4v) is 4.97. The first kappa shape index (κ1) is 14.9. The summed E-state index contributed by atoms with van der Waals surface area (Å²) in [5.41, 5.74) is 1.10.